The normalized spacial score (nSPS) is 10.1. The van der Waals surface area contributed by atoms with Gasteiger partial charge in [0, 0.05) is 31.9 Å². The summed E-state index contributed by atoms with van der Waals surface area (Å²) in [5, 5.41) is 0. The Labute approximate surface area is 145 Å². The second-order valence-electron chi connectivity index (χ2n) is 5.53. The number of hydrogen-bond acceptors (Lipinski definition) is 1. The molecule has 2 heteroatoms. The Hall–Kier alpha value is -1.76. The fourth-order valence-corrected chi connectivity index (χ4v) is 2.55. The predicted octanol–water partition coefficient (Wildman–Crippen LogP) is 5.14. The molecule has 3 aromatic rings. The molecule has 1 nitrogen and oxygen atoms in total. The van der Waals surface area contributed by atoms with Crippen LogP contribution < -0.4 is 0 Å². The van der Waals surface area contributed by atoms with E-state index in [1.807, 2.05) is 12.3 Å². The molecular formula is C20H18IrN-. The van der Waals surface area contributed by atoms with Gasteiger partial charge in [0.25, 0.3) is 0 Å². The predicted molar refractivity (Wildman–Crippen MR) is 88.2 cm³/mol. The maximum absolute atomic E-state index is 4.63. The van der Waals surface area contributed by atoms with Crippen molar-refractivity contribution in [3.63, 3.8) is 0 Å². The molecule has 0 unspecified atom stereocenters. The van der Waals surface area contributed by atoms with Crippen LogP contribution in [0.15, 0.2) is 54.7 Å². The molecule has 113 valence electrons. The van der Waals surface area contributed by atoms with Crippen LogP contribution in [0.25, 0.3) is 22.4 Å². The Kier molecular flexibility index (Phi) is 5.28. The van der Waals surface area contributed by atoms with Gasteiger partial charge in [0.1, 0.15) is 0 Å². The molecule has 0 N–H and O–H groups in total. The third kappa shape index (κ3) is 3.52. The van der Waals surface area contributed by atoms with E-state index in [9.17, 15) is 0 Å². The summed E-state index contributed by atoms with van der Waals surface area (Å²) in [7, 11) is 0. The number of nitrogens with zero attached hydrogens (tertiary/aromatic N) is 1. The summed E-state index contributed by atoms with van der Waals surface area (Å²) in [5.74, 6) is 0. The summed E-state index contributed by atoms with van der Waals surface area (Å²) in [6.45, 7) is 6.34. The van der Waals surface area contributed by atoms with Crippen LogP contribution in [0, 0.1) is 26.8 Å². The Morgan fingerprint density at radius 3 is 2.36 bits per heavy atom. The standard InChI is InChI=1S/C20H18N.Ir/c1-14-6-4-8-17(10-14)19-13-21-20(12-16(19)3)18-9-5-7-15(2)11-18;/h4-8,10-13H,1-3H3;/q-1;. The van der Waals surface area contributed by atoms with Crippen LogP contribution in [0.5, 0.6) is 0 Å². The van der Waals surface area contributed by atoms with Gasteiger partial charge in [-0.1, -0.05) is 42.8 Å². The van der Waals surface area contributed by atoms with Crippen molar-refractivity contribution < 1.29 is 20.1 Å². The first-order valence-corrected chi connectivity index (χ1v) is 7.16. The van der Waals surface area contributed by atoms with Crippen LogP contribution >= 0.6 is 0 Å². The Balaban J connectivity index is 0.00000176. The van der Waals surface area contributed by atoms with Gasteiger partial charge in [-0.05, 0) is 30.7 Å². The molecule has 0 aliphatic heterocycles. The van der Waals surface area contributed by atoms with E-state index in [1.165, 1.54) is 27.8 Å². The summed E-state index contributed by atoms with van der Waals surface area (Å²) in [4.78, 5) is 4.63. The number of pyridine rings is 1. The zero-order valence-corrected chi connectivity index (χ0v) is 15.4. The number of benzene rings is 2. The first-order valence-electron chi connectivity index (χ1n) is 7.16. The molecule has 0 fully saturated rings. The Bertz CT molecular complexity index is 793. The minimum absolute atomic E-state index is 0. The molecule has 0 aliphatic rings. The molecule has 1 radical (unpaired) electrons. The average Bonchev–Trinajstić information content (AvgIpc) is 2.47. The number of rotatable bonds is 2. The van der Waals surface area contributed by atoms with E-state index < -0.39 is 0 Å². The molecule has 0 saturated heterocycles. The maximum atomic E-state index is 4.63. The van der Waals surface area contributed by atoms with Crippen LogP contribution in [0.4, 0.5) is 0 Å². The number of aryl methyl sites for hydroxylation is 3. The third-order valence-corrected chi connectivity index (χ3v) is 3.67. The molecule has 2 aromatic carbocycles. The van der Waals surface area contributed by atoms with E-state index in [0.717, 1.165) is 11.3 Å². The van der Waals surface area contributed by atoms with Gasteiger partial charge in [0.2, 0.25) is 0 Å². The molecule has 3 rings (SSSR count). The van der Waals surface area contributed by atoms with Crippen LogP contribution in [0.2, 0.25) is 0 Å². The SMILES string of the molecule is Cc1cc[c-]c(-c2cc(C)c(-c3cccc(C)c3)cn2)c1.[Ir]. The summed E-state index contributed by atoms with van der Waals surface area (Å²) >= 11 is 0. The van der Waals surface area contributed by atoms with Crippen LogP contribution in [0.3, 0.4) is 0 Å². The molecule has 22 heavy (non-hydrogen) atoms. The zero-order chi connectivity index (χ0) is 14.8. The molecule has 1 heterocycles. The molecule has 1 aromatic heterocycles. The largest absolute Gasteiger partial charge is 0.304 e. The van der Waals surface area contributed by atoms with Crippen molar-refractivity contribution in [3.05, 3.63) is 77.5 Å². The van der Waals surface area contributed by atoms with Gasteiger partial charge in [0.15, 0.2) is 0 Å². The van der Waals surface area contributed by atoms with E-state index in [0.29, 0.717) is 0 Å². The third-order valence-electron chi connectivity index (χ3n) is 3.67. The molecule has 0 bridgehead atoms. The van der Waals surface area contributed by atoms with Crippen LogP contribution in [-0.4, -0.2) is 4.98 Å². The van der Waals surface area contributed by atoms with Gasteiger partial charge in [-0.2, -0.15) is 0 Å². The molecule has 0 saturated carbocycles. The van der Waals surface area contributed by atoms with E-state index in [2.05, 4.69) is 74.3 Å². The Morgan fingerprint density at radius 1 is 0.909 bits per heavy atom. The number of hydrogen-bond donors (Lipinski definition) is 0. The fourth-order valence-electron chi connectivity index (χ4n) is 2.55. The first kappa shape index (κ1) is 16.6. The van der Waals surface area contributed by atoms with Crippen molar-refractivity contribution in [2.75, 3.05) is 0 Å². The maximum Gasteiger partial charge on any atom is 0.0242 e. The Morgan fingerprint density at radius 2 is 1.68 bits per heavy atom. The average molecular weight is 465 g/mol. The van der Waals surface area contributed by atoms with Crippen molar-refractivity contribution in [1.82, 2.24) is 4.98 Å². The molecule has 0 amide bonds. The minimum Gasteiger partial charge on any atom is -0.304 e. The second-order valence-corrected chi connectivity index (χ2v) is 5.53. The number of aromatic nitrogens is 1. The molecule has 0 aliphatic carbocycles. The van der Waals surface area contributed by atoms with Crippen molar-refractivity contribution in [3.8, 4) is 22.4 Å². The van der Waals surface area contributed by atoms with Gasteiger partial charge in [-0.15, -0.1) is 35.4 Å². The molecular weight excluding hydrogens is 446 g/mol. The van der Waals surface area contributed by atoms with Gasteiger partial charge in [-0.25, -0.2) is 0 Å². The monoisotopic (exact) mass is 465 g/mol. The van der Waals surface area contributed by atoms with E-state index >= 15 is 0 Å². The van der Waals surface area contributed by atoms with Crippen molar-refractivity contribution in [1.29, 1.82) is 0 Å². The molecule has 0 atom stereocenters. The zero-order valence-electron chi connectivity index (χ0n) is 13.0. The summed E-state index contributed by atoms with van der Waals surface area (Å²) in [6.07, 6.45) is 1.97. The smallest absolute Gasteiger partial charge is 0.0242 e. The molecule has 0 spiro atoms. The van der Waals surface area contributed by atoms with E-state index in [1.54, 1.807) is 0 Å². The summed E-state index contributed by atoms with van der Waals surface area (Å²) in [5.41, 5.74) is 8.17. The van der Waals surface area contributed by atoms with Crippen molar-refractivity contribution in [2.45, 2.75) is 20.8 Å². The van der Waals surface area contributed by atoms with Gasteiger partial charge >= 0.3 is 0 Å². The topological polar surface area (TPSA) is 12.9 Å². The van der Waals surface area contributed by atoms with Crippen molar-refractivity contribution in [2.24, 2.45) is 0 Å². The van der Waals surface area contributed by atoms with Crippen LogP contribution in [0.1, 0.15) is 16.7 Å². The summed E-state index contributed by atoms with van der Waals surface area (Å²) in [6, 6.07) is 20.1. The second kappa shape index (κ2) is 7.00. The first-order chi connectivity index (χ1) is 10.1. The minimum atomic E-state index is 0. The fraction of sp³-hybridized carbons (Fsp3) is 0.150. The van der Waals surface area contributed by atoms with Gasteiger partial charge in [-0.3, -0.25) is 0 Å². The van der Waals surface area contributed by atoms with Gasteiger partial charge in [0.05, 0.1) is 0 Å². The summed E-state index contributed by atoms with van der Waals surface area (Å²) < 4.78 is 0. The van der Waals surface area contributed by atoms with Crippen LogP contribution in [-0.2, 0) is 20.1 Å². The van der Waals surface area contributed by atoms with E-state index in [4.69, 9.17) is 0 Å². The quantitative estimate of drug-likeness (QED) is 0.479. The van der Waals surface area contributed by atoms with Gasteiger partial charge < -0.3 is 4.98 Å². The van der Waals surface area contributed by atoms with Crippen molar-refractivity contribution >= 4 is 0 Å². The van der Waals surface area contributed by atoms with E-state index in [-0.39, 0.29) is 20.1 Å².